The number of ether oxygens (including phenoxy) is 2. The fourth-order valence-corrected chi connectivity index (χ4v) is 1.94. The molecule has 3 nitrogen and oxygen atoms in total. The molecule has 0 atom stereocenters. The first kappa shape index (κ1) is 13.4. The predicted molar refractivity (Wildman–Crippen MR) is 76.2 cm³/mol. The summed E-state index contributed by atoms with van der Waals surface area (Å²) < 4.78 is 11.9. The van der Waals surface area contributed by atoms with Crippen LogP contribution in [0, 0.1) is 11.3 Å². The van der Waals surface area contributed by atoms with E-state index in [1.807, 2.05) is 30.3 Å². The van der Waals surface area contributed by atoms with Gasteiger partial charge in [0.2, 0.25) is 0 Å². The van der Waals surface area contributed by atoms with Gasteiger partial charge in [0.25, 0.3) is 0 Å². The molecule has 0 heterocycles. The highest BCUT2D eigenvalue weighted by Crippen LogP contribution is 2.30. The van der Waals surface area contributed by atoms with Crippen LogP contribution < -0.4 is 9.47 Å². The van der Waals surface area contributed by atoms with E-state index in [9.17, 15) is 0 Å². The molecule has 0 saturated heterocycles. The molecule has 2 rings (SSSR count). The molecule has 0 spiro atoms. The van der Waals surface area contributed by atoms with Gasteiger partial charge in [-0.25, -0.2) is 0 Å². The monoisotopic (exact) mass is 317 g/mol. The normalized spacial score (nSPS) is 9.74. The van der Waals surface area contributed by atoms with E-state index in [-0.39, 0.29) is 0 Å². The average molecular weight is 318 g/mol. The van der Waals surface area contributed by atoms with Crippen LogP contribution in [0.5, 0.6) is 11.5 Å². The lowest BCUT2D eigenvalue weighted by Gasteiger charge is -2.11. The van der Waals surface area contributed by atoms with Crippen molar-refractivity contribution in [3.05, 3.63) is 58.1 Å². The van der Waals surface area contributed by atoms with Crippen LogP contribution >= 0.6 is 15.9 Å². The molecule has 0 radical (unpaired) electrons. The van der Waals surface area contributed by atoms with Crippen molar-refractivity contribution < 1.29 is 9.47 Å². The molecule has 0 N–H and O–H groups in total. The molecule has 96 valence electrons. The Hall–Kier alpha value is -1.99. The summed E-state index contributed by atoms with van der Waals surface area (Å²) in [6.07, 6.45) is 0. The van der Waals surface area contributed by atoms with E-state index in [4.69, 9.17) is 14.7 Å². The Bertz CT molecular complexity index is 603. The summed E-state index contributed by atoms with van der Waals surface area (Å²) in [5, 5.41) is 8.73. The van der Waals surface area contributed by atoms with Crippen molar-refractivity contribution in [1.82, 2.24) is 0 Å². The van der Waals surface area contributed by atoms with Gasteiger partial charge in [0, 0.05) is 4.47 Å². The number of halogens is 1. The average Bonchev–Trinajstić information content (AvgIpc) is 2.46. The first-order chi connectivity index (χ1) is 9.22. The second-order valence-corrected chi connectivity index (χ2v) is 4.81. The first-order valence-electron chi connectivity index (χ1n) is 5.68. The minimum atomic E-state index is 0.434. The third-order valence-corrected chi connectivity index (χ3v) is 3.10. The van der Waals surface area contributed by atoms with Gasteiger partial charge >= 0.3 is 0 Å². The van der Waals surface area contributed by atoms with Gasteiger partial charge in [-0.15, -0.1) is 0 Å². The molecule has 0 bridgehead atoms. The van der Waals surface area contributed by atoms with E-state index >= 15 is 0 Å². The Kier molecular flexibility index (Phi) is 4.43. The molecule has 0 amide bonds. The molecule has 2 aromatic rings. The Morgan fingerprint density at radius 3 is 2.47 bits per heavy atom. The summed E-state index contributed by atoms with van der Waals surface area (Å²) in [6, 6.07) is 15.0. The SMILES string of the molecule is COc1cc(Br)ccc1OCc1ccc(C#N)cc1. The maximum absolute atomic E-state index is 8.73. The molecule has 0 aliphatic heterocycles. The Labute approximate surface area is 120 Å². The van der Waals surface area contributed by atoms with Gasteiger partial charge in [-0.2, -0.15) is 5.26 Å². The maximum atomic E-state index is 8.73. The largest absolute Gasteiger partial charge is 0.493 e. The van der Waals surface area contributed by atoms with Crippen LogP contribution in [0.25, 0.3) is 0 Å². The highest BCUT2D eigenvalue weighted by atomic mass is 79.9. The van der Waals surface area contributed by atoms with Crippen LogP contribution in [0.2, 0.25) is 0 Å². The summed E-state index contributed by atoms with van der Waals surface area (Å²) in [6.45, 7) is 0.434. The Balaban J connectivity index is 2.07. The molecule has 19 heavy (non-hydrogen) atoms. The van der Waals surface area contributed by atoms with Crippen molar-refractivity contribution in [2.75, 3.05) is 7.11 Å². The molecule has 0 aromatic heterocycles. The fourth-order valence-electron chi connectivity index (χ4n) is 1.60. The molecule has 0 saturated carbocycles. The molecular formula is C15H12BrNO2. The van der Waals surface area contributed by atoms with E-state index in [0.29, 0.717) is 23.7 Å². The Morgan fingerprint density at radius 1 is 1.11 bits per heavy atom. The number of nitrogens with zero attached hydrogens (tertiary/aromatic N) is 1. The van der Waals surface area contributed by atoms with Gasteiger partial charge < -0.3 is 9.47 Å². The standard InChI is InChI=1S/C15H12BrNO2/c1-18-15-8-13(16)6-7-14(15)19-10-12-4-2-11(9-17)3-5-12/h2-8H,10H2,1H3. The number of hydrogen-bond donors (Lipinski definition) is 0. The van der Waals surface area contributed by atoms with E-state index < -0.39 is 0 Å². The van der Waals surface area contributed by atoms with Gasteiger partial charge in [-0.05, 0) is 35.9 Å². The number of hydrogen-bond acceptors (Lipinski definition) is 3. The van der Waals surface area contributed by atoms with E-state index in [0.717, 1.165) is 10.0 Å². The maximum Gasteiger partial charge on any atom is 0.161 e. The smallest absolute Gasteiger partial charge is 0.161 e. The van der Waals surface area contributed by atoms with Gasteiger partial charge in [0.05, 0.1) is 18.7 Å². The lowest BCUT2D eigenvalue weighted by molar-refractivity contribution is 0.284. The molecule has 2 aromatic carbocycles. The summed E-state index contributed by atoms with van der Waals surface area (Å²) in [7, 11) is 1.61. The van der Waals surface area contributed by atoms with Crippen LogP contribution in [0.4, 0.5) is 0 Å². The number of benzene rings is 2. The number of rotatable bonds is 4. The quantitative estimate of drug-likeness (QED) is 0.858. The third-order valence-electron chi connectivity index (χ3n) is 2.60. The number of nitriles is 1. The highest BCUT2D eigenvalue weighted by molar-refractivity contribution is 9.10. The minimum Gasteiger partial charge on any atom is -0.493 e. The van der Waals surface area contributed by atoms with Crippen LogP contribution in [0.3, 0.4) is 0 Å². The van der Waals surface area contributed by atoms with Crippen LogP contribution in [-0.2, 0) is 6.61 Å². The zero-order chi connectivity index (χ0) is 13.7. The summed E-state index contributed by atoms with van der Waals surface area (Å²) >= 11 is 3.38. The van der Waals surface area contributed by atoms with Gasteiger partial charge in [0.1, 0.15) is 6.61 Å². The number of methoxy groups -OCH3 is 1. The van der Waals surface area contributed by atoms with E-state index in [1.54, 1.807) is 19.2 Å². The molecule has 4 heteroatoms. The molecule has 0 aliphatic rings. The third kappa shape index (κ3) is 3.49. The summed E-state index contributed by atoms with van der Waals surface area (Å²) in [4.78, 5) is 0. The summed E-state index contributed by atoms with van der Waals surface area (Å²) in [5.74, 6) is 1.37. The zero-order valence-electron chi connectivity index (χ0n) is 10.4. The molecule has 0 unspecified atom stereocenters. The van der Waals surface area contributed by atoms with Gasteiger partial charge in [-0.3, -0.25) is 0 Å². The first-order valence-corrected chi connectivity index (χ1v) is 6.47. The topological polar surface area (TPSA) is 42.2 Å². The molecule has 0 aliphatic carbocycles. The predicted octanol–water partition coefficient (Wildman–Crippen LogP) is 3.91. The lowest BCUT2D eigenvalue weighted by atomic mass is 10.1. The van der Waals surface area contributed by atoms with Crippen molar-refractivity contribution in [3.63, 3.8) is 0 Å². The van der Waals surface area contributed by atoms with Crippen LogP contribution in [0.15, 0.2) is 46.9 Å². The lowest BCUT2D eigenvalue weighted by Crippen LogP contribution is -1.97. The molecule has 0 fully saturated rings. The highest BCUT2D eigenvalue weighted by Gasteiger charge is 2.05. The zero-order valence-corrected chi connectivity index (χ0v) is 12.0. The van der Waals surface area contributed by atoms with Gasteiger partial charge in [-0.1, -0.05) is 28.1 Å². The molecular weight excluding hydrogens is 306 g/mol. The van der Waals surface area contributed by atoms with Crippen LogP contribution in [-0.4, -0.2) is 7.11 Å². The van der Waals surface area contributed by atoms with Crippen molar-refractivity contribution in [2.24, 2.45) is 0 Å². The second-order valence-electron chi connectivity index (χ2n) is 3.89. The van der Waals surface area contributed by atoms with Crippen LogP contribution in [0.1, 0.15) is 11.1 Å². The van der Waals surface area contributed by atoms with E-state index in [2.05, 4.69) is 22.0 Å². The van der Waals surface area contributed by atoms with Crippen molar-refractivity contribution >= 4 is 15.9 Å². The minimum absolute atomic E-state index is 0.434. The fraction of sp³-hybridized carbons (Fsp3) is 0.133. The second kappa shape index (κ2) is 6.26. The van der Waals surface area contributed by atoms with E-state index in [1.165, 1.54) is 0 Å². The van der Waals surface area contributed by atoms with Crippen molar-refractivity contribution in [1.29, 1.82) is 5.26 Å². The summed E-state index contributed by atoms with van der Waals surface area (Å²) in [5.41, 5.74) is 1.65. The van der Waals surface area contributed by atoms with Crippen molar-refractivity contribution in [3.8, 4) is 17.6 Å². The van der Waals surface area contributed by atoms with Crippen molar-refractivity contribution in [2.45, 2.75) is 6.61 Å². The Morgan fingerprint density at radius 2 is 1.84 bits per heavy atom. The van der Waals surface area contributed by atoms with Gasteiger partial charge in [0.15, 0.2) is 11.5 Å².